The molecule has 1 rings (SSSR count). The number of carbonyl (C=O) groups excluding carboxylic acids is 1. The van der Waals surface area contributed by atoms with E-state index in [2.05, 4.69) is 0 Å². The molecular formula is C6H6N2O3. The zero-order valence-corrected chi connectivity index (χ0v) is 5.57. The van der Waals surface area contributed by atoms with Crippen molar-refractivity contribution in [3.8, 4) is 6.07 Å². The lowest BCUT2D eigenvalue weighted by atomic mass is 10.1. The van der Waals surface area contributed by atoms with Crippen molar-refractivity contribution in [3.63, 3.8) is 0 Å². The lowest BCUT2D eigenvalue weighted by molar-refractivity contribution is -0.140. The van der Waals surface area contributed by atoms with Gasteiger partial charge in [0.2, 0.25) is 5.91 Å². The lowest BCUT2D eigenvalue weighted by Crippen LogP contribution is -2.27. The summed E-state index contributed by atoms with van der Waals surface area (Å²) >= 11 is 0. The first-order valence-electron chi connectivity index (χ1n) is 2.98. The van der Waals surface area contributed by atoms with Crippen LogP contribution in [-0.4, -0.2) is 17.0 Å². The number of nitrogens with zero attached hydrogens (tertiary/aromatic N) is 1. The highest BCUT2D eigenvalue weighted by Gasteiger charge is 2.64. The van der Waals surface area contributed by atoms with E-state index in [0.29, 0.717) is 0 Å². The molecule has 1 saturated carbocycles. The van der Waals surface area contributed by atoms with Crippen molar-refractivity contribution >= 4 is 11.9 Å². The predicted molar refractivity (Wildman–Crippen MR) is 33.0 cm³/mol. The molecule has 0 aromatic carbocycles. The summed E-state index contributed by atoms with van der Waals surface area (Å²) in [5.74, 6) is -2.87. The molecule has 5 nitrogen and oxygen atoms in total. The molecule has 0 aliphatic heterocycles. The number of nitrogens with two attached hydrogens (primary N) is 1. The number of carboxylic acids is 1. The zero-order valence-electron chi connectivity index (χ0n) is 5.57. The number of nitriles is 1. The Kier molecular flexibility index (Phi) is 1.34. The fraction of sp³-hybridized carbons (Fsp3) is 0.500. The number of rotatable bonds is 2. The number of aliphatic carboxylic acids is 1. The molecule has 11 heavy (non-hydrogen) atoms. The first-order valence-corrected chi connectivity index (χ1v) is 2.98. The summed E-state index contributed by atoms with van der Waals surface area (Å²) in [6.45, 7) is 0. The molecule has 0 saturated heterocycles. The fourth-order valence-corrected chi connectivity index (χ4v) is 1.01. The Morgan fingerprint density at radius 2 is 2.27 bits per heavy atom. The van der Waals surface area contributed by atoms with Gasteiger partial charge in [-0.15, -0.1) is 0 Å². The second kappa shape index (κ2) is 1.95. The van der Waals surface area contributed by atoms with Gasteiger partial charge in [0.1, 0.15) is 5.41 Å². The van der Waals surface area contributed by atoms with Gasteiger partial charge in [0, 0.05) is 0 Å². The Hall–Kier alpha value is -1.57. The Labute approximate surface area is 62.4 Å². The number of amides is 1. The van der Waals surface area contributed by atoms with Gasteiger partial charge in [0.05, 0.1) is 12.0 Å². The van der Waals surface area contributed by atoms with Crippen LogP contribution in [0.25, 0.3) is 0 Å². The van der Waals surface area contributed by atoms with Crippen LogP contribution in [0.2, 0.25) is 0 Å². The summed E-state index contributed by atoms with van der Waals surface area (Å²) in [5.41, 5.74) is 3.42. The largest absolute Gasteiger partial charge is 0.481 e. The van der Waals surface area contributed by atoms with Crippen LogP contribution in [0.4, 0.5) is 0 Å². The monoisotopic (exact) mass is 154 g/mol. The SMILES string of the molecule is N#CC1(C(N)=O)CC1C(=O)O. The van der Waals surface area contributed by atoms with Crippen LogP contribution in [0.1, 0.15) is 6.42 Å². The summed E-state index contributed by atoms with van der Waals surface area (Å²) in [6.07, 6.45) is 0.0498. The second-order valence-corrected chi connectivity index (χ2v) is 2.54. The minimum atomic E-state index is -1.42. The Morgan fingerprint density at radius 3 is 2.36 bits per heavy atom. The molecule has 58 valence electrons. The quantitative estimate of drug-likeness (QED) is 0.536. The number of carbonyl (C=O) groups is 2. The van der Waals surface area contributed by atoms with Gasteiger partial charge in [-0.3, -0.25) is 9.59 Å². The third kappa shape index (κ3) is 0.835. The highest BCUT2D eigenvalue weighted by Crippen LogP contribution is 2.51. The van der Waals surface area contributed by atoms with Crippen LogP contribution in [0.15, 0.2) is 0 Å². The number of carboxylic acid groups (broad SMARTS) is 1. The Bertz CT molecular complexity index is 267. The average molecular weight is 154 g/mol. The van der Waals surface area contributed by atoms with Crippen molar-refractivity contribution in [2.75, 3.05) is 0 Å². The predicted octanol–water partition coefficient (Wildman–Crippen LogP) is -0.914. The van der Waals surface area contributed by atoms with Gasteiger partial charge in [-0.2, -0.15) is 5.26 Å². The average Bonchev–Trinajstić information content (AvgIpc) is 2.62. The molecule has 0 aromatic heterocycles. The summed E-state index contributed by atoms with van der Waals surface area (Å²) in [5, 5.41) is 16.8. The van der Waals surface area contributed by atoms with Crippen molar-refractivity contribution in [3.05, 3.63) is 0 Å². The van der Waals surface area contributed by atoms with Gasteiger partial charge in [-0.05, 0) is 6.42 Å². The van der Waals surface area contributed by atoms with Gasteiger partial charge in [0.15, 0.2) is 0 Å². The first kappa shape index (κ1) is 7.54. The molecule has 2 unspecified atom stereocenters. The summed E-state index contributed by atoms with van der Waals surface area (Å²) in [4.78, 5) is 20.8. The number of primary amides is 1. The molecule has 1 aliphatic carbocycles. The highest BCUT2D eigenvalue weighted by atomic mass is 16.4. The maximum Gasteiger partial charge on any atom is 0.308 e. The van der Waals surface area contributed by atoms with E-state index >= 15 is 0 Å². The van der Waals surface area contributed by atoms with E-state index in [-0.39, 0.29) is 6.42 Å². The molecule has 5 heteroatoms. The number of hydrogen-bond acceptors (Lipinski definition) is 3. The maximum absolute atomic E-state index is 10.6. The van der Waals surface area contributed by atoms with Crippen molar-refractivity contribution in [2.24, 2.45) is 17.1 Å². The van der Waals surface area contributed by atoms with E-state index in [1.165, 1.54) is 0 Å². The van der Waals surface area contributed by atoms with Crippen molar-refractivity contribution in [2.45, 2.75) is 6.42 Å². The minimum absolute atomic E-state index is 0.0498. The normalized spacial score (nSPS) is 33.9. The van der Waals surface area contributed by atoms with E-state index < -0.39 is 23.2 Å². The first-order chi connectivity index (χ1) is 5.04. The van der Waals surface area contributed by atoms with E-state index in [4.69, 9.17) is 16.1 Å². The van der Waals surface area contributed by atoms with Crippen LogP contribution in [0.3, 0.4) is 0 Å². The molecule has 0 radical (unpaired) electrons. The summed E-state index contributed by atoms with van der Waals surface area (Å²) in [6, 6.07) is 1.63. The molecule has 0 spiro atoms. The molecule has 3 N–H and O–H groups in total. The van der Waals surface area contributed by atoms with E-state index in [1.54, 1.807) is 6.07 Å². The Morgan fingerprint density at radius 1 is 1.73 bits per heavy atom. The van der Waals surface area contributed by atoms with E-state index in [1.807, 2.05) is 0 Å². The third-order valence-corrected chi connectivity index (χ3v) is 1.90. The van der Waals surface area contributed by atoms with Gasteiger partial charge in [-0.25, -0.2) is 0 Å². The zero-order chi connectivity index (χ0) is 8.65. The van der Waals surface area contributed by atoms with Crippen LogP contribution >= 0.6 is 0 Å². The van der Waals surface area contributed by atoms with Gasteiger partial charge < -0.3 is 10.8 Å². The van der Waals surface area contributed by atoms with Crippen LogP contribution in [0.5, 0.6) is 0 Å². The molecule has 2 atom stereocenters. The summed E-state index contributed by atoms with van der Waals surface area (Å²) in [7, 11) is 0. The van der Waals surface area contributed by atoms with Gasteiger partial charge in [-0.1, -0.05) is 0 Å². The molecule has 1 aliphatic rings. The van der Waals surface area contributed by atoms with Crippen molar-refractivity contribution < 1.29 is 14.7 Å². The number of hydrogen-bond donors (Lipinski definition) is 2. The smallest absolute Gasteiger partial charge is 0.308 e. The molecule has 0 aromatic rings. The van der Waals surface area contributed by atoms with Gasteiger partial charge >= 0.3 is 5.97 Å². The molecule has 1 fully saturated rings. The third-order valence-electron chi connectivity index (χ3n) is 1.90. The second-order valence-electron chi connectivity index (χ2n) is 2.54. The summed E-state index contributed by atoms with van der Waals surface area (Å²) < 4.78 is 0. The topological polar surface area (TPSA) is 104 Å². The van der Waals surface area contributed by atoms with E-state index in [0.717, 1.165) is 0 Å². The van der Waals surface area contributed by atoms with Gasteiger partial charge in [0.25, 0.3) is 0 Å². The molecular weight excluding hydrogens is 148 g/mol. The minimum Gasteiger partial charge on any atom is -0.481 e. The highest BCUT2D eigenvalue weighted by molar-refractivity contribution is 5.95. The van der Waals surface area contributed by atoms with Crippen LogP contribution in [0, 0.1) is 22.7 Å². The molecule has 0 bridgehead atoms. The van der Waals surface area contributed by atoms with Crippen LogP contribution in [-0.2, 0) is 9.59 Å². The van der Waals surface area contributed by atoms with Crippen LogP contribution < -0.4 is 5.73 Å². The fourth-order valence-electron chi connectivity index (χ4n) is 1.01. The van der Waals surface area contributed by atoms with Crippen molar-refractivity contribution in [1.29, 1.82) is 5.26 Å². The maximum atomic E-state index is 10.6. The Balaban J connectivity index is 2.82. The molecule has 0 heterocycles. The molecule has 1 amide bonds. The lowest BCUT2D eigenvalue weighted by Gasteiger charge is -1.97. The van der Waals surface area contributed by atoms with Crippen molar-refractivity contribution in [1.82, 2.24) is 0 Å². The van der Waals surface area contributed by atoms with E-state index in [9.17, 15) is 9.59 Å². The standard InChI is InChI=1S/C6H6N2O3/c7-2-6(5(8)11)1-3(6)4(9)10/h3H,1H2,(H2,8,11)(H,9,10).